The number of nitrogens with one attached hydrogen (secondary N) is 3. The summed E-state index contributed by atoms with van der Waals surface area (Å²) in [5.41, 5.74) is 2.75. The van der Waals surface area contributed by atoms with Crippen LogP contribution in [0.3, 0.4) is 0 Å². The second kappa shape index (κ2) is 12.1. The largest absolute Gasteiger partial charge is 0.482 e. The van der Waals surface area contributed by atoms with Crippen molar-refractivity contribution < 1.29 is 23.9 Å². The molecule has 9 nitrogen and oxygen atoms in total. The molecule has 1 aliphatic heterocycles. The molecular weight excluding hydrogens is 508 g/mol. The molecule has 1 aliphatic rings. The molecule has 0 aromatic heterocycles. The molecule has 1 fully saturated rings. The number of hydrogen-bond acceptors (Lipinski definition) is 5. The van der Waals surface area contributed by atoms with E-state index in [2.05, 4.69) is 16.0 Å². The van der Waals surface area contributed by atoms with Crippen LogP contribution in [0.5, 0.6) is 5.75 Å². The zero-order valence-electron chi connectivity index (χ0n) is 20.5. The minimum atomic E-state index is -0.698. The number of anilines is 2. The molecule has 1 heterocycles. The molecule has 194 valence electrons. The SMILES string of the molecule is CCc1ccccc1NC(=O)CN1C(=O)N/C(=C/c2ccc(OCC(=O)Nc3ccccc3)c(Cl)c2)C1=O. The minimum absolute atomic E-state index is 0.00346. The highest BCUT2D eigenvalue weighted by molar-refractivity contribution is 6.32. The van der Waals surface area contributed by atoms with Crippen molar-refractivity contribution in [3.8, 4) is 5.75 Å². The van der Waals surface area contributed by atoms with E-state index in [0.29, 0.717) is 16.9 Å². The quantitative estimate of drug-likeness (QED) is 0.278. The van der Waals surface area contributed by atoms with E-state index in [1.54, 1.807) is 48.5 Å². The van der Waals surface area contributed by atoms with Crippen LogP contribution in [0.4, 0.5) is 16.2 Å². The predicted molar refractivity (Wildman–Crippen MR) is 145 cm³/mol. The lowest BCUT2D eigenvalue weighted by Gasteiger charge is -2.13. The van der Waals surface area contributed by atoms with Crippen molar-refractivity contribution in [3.63, 3.8) is 0 Å². The number of hydrogen-bond donors (Lipinski definition) is 3. The fourth-order valence-electron chi connectivity index (χ4n) is 3.75. The maximum Gasteiger partial charge on any atom is 0.329 e. The number of nitrogens with zero attached hydrogens (tertiary/aromatic N) is 1. The fraction of sp³-hybridized carbons (Fsp3) is 0.143. The smallest absolute Gasteiger partial charge is 0.329 e. The number of para-hydroxylation sites is 2. The van der Waals surface area contributed by atoms with Gasteiger partial charge in [0, 0.05) is 11.4 Å². The van der Waals surface area contributed by atoms with Crippen LogP contribution >= 0.6 is 11.6 Å². The summed E-state index contributed by atoms with van der Waals surface area (Å²) in [6, 6.07) is 20.3. The van der Waals surface area contributed by atoms with Gasteiger partial charge in [-0.1, -0.05) is 61.0 Å². The first-order valence-electron chi connectivity index (χ1n) is 11.8. The summed E-state index contributed by atoms with van der Waals surface area (Å²) in [6.45, 7) is 1.29. The molecule has 38 heavy (non-hydrogen) atoms. The highest BCUT2D eigenvalue weighted by Crippen LogP contribution is 2.27. The van der Waals surface area contributed by atoms with E-state index in [9.17, 15) is 19.2 Å². The van der Waals surface area contributed by atoms with Gasteiger partial charge < -0.3 is 20.7 Å². The number of urea groups is 1. The number of imide groups is 1. The zero-order chi connectivity index (χ0) is 27.1. The summed E-state index contributed by atoms with van der Waals surface area (Å²) in [5.74, 6) is -1.19. The van der Waals surface area contributed by atoms with E-state index in [1.165, 1.54) is 12.1 Å². The molecule has 0 atom stereocenters. The summed E-state index contributed by atoms with van der Waals surface area (Å²) in [4.78, 5) is 50.6. The summed E-state index contributed by atoms with van der Waals surface area (Å²) in [5, 5.41) is 8.16. The van der Waals surface area contributed by atoms with Crippen LogP contribution in [-0.2, 0) is 20.8 Å². The lowest BCUT2D eigenvalue weighted by Crippen LogP contribution is -2.38. The molecule has 5 amide bonds. The van der Waals surface area contributed by atoms with Crippen LogP contribution in [0.25, 0.3) is 6.08 Å². The number of aryl methyl sites for hydroxylation is 1. The first-order chi connectivity index (χ1) is 18.3. The van der Waals surface area contributed by atoms with Gasteiger partial charge in [0.1, 0.15) is 18.0 Å². The highest BCUT2D eigenvalue weighted by Gasteiger charge is 2.35. The Morgan fingerprint density at radius 3 is 2.45 bits per heavy atom. The molecule has 0 spiro atoms. The van der Waals surface area contributed by atoms with E-state index in [-0.39, 0.29) is 29.0 Å². The Hall–Kier alpha value is -4.63. The summed E-state index contributed by atoms with van der Waals surface area (Å²) in [6.07, 6.45) is 2.17. The second-order valence-corrected chi connectivity index (χ2v) is 8.74. The van der Waals surface area contributed by atoms with Gasteiger partial charge in [-0.2, -0.15) is 0 Å². The minimum Gasteiger partial charge on any atom is -0.482 e. The first-order valence-corrected chi connectivity index (χ1v) is 12.2. The molecule has 0 radical (unpaired) electrons. The monoisotopic (exact) mass is 532 g/mol. The van der Waals surface area contributed by atoms with Gasteiger partial charge in [-0.25, -0.2) is 9.69 Å². The van der Waals surface area contributed by atoms with E-state index >= 15 is 0 Å². The molecule has 4 rings (SSSR count). The summed E-state index contributed by atoms with van der Waals surface area (Å²) >= 11 is 6.30. The maximum absolute atomic E-state index is 12.8. The van der Waals surface area contributed by atoms with Crippen LogP contribution < -0.4 is 20.7 Å². The van der Waals surface area contributed by atoms with Gasteiger partial charge in [0.15, 0.2) is 6.61 Å². The van der Waals surface area contributed by atoms with Crippen LogP contribution in [-0.4, -0.2) is 41.8 Å². The Balaban J connectivity index is 1.36. The van der Waals surface area contributed by atoms with Gasteiger partial charge >= 0.3 is 6.03 Å². The van der Waals surface area contributed by atoms with Crippen LogP contribution in [0.2, 0.25) is 5.02 Å². The maximum atomic E-state index is 12.8. The number of ether oxygens (including phenoxy) is 1. The Bertz CT molecular complexity index is 1410. The van der Waals surface area contributed by atoms with Gasteiger partial charge in [0.2, 0.25) is 5.91 Å². The van der Waals surface area contributed by atoms with Crippen molar-refractivity contribution in [3.05, 3.63) is 94.6 Å². The molecule has 3 N–H and O–H groups in total. The second-order valence-electron chi connectivity index (χ2n) is 8.33. The van der Waals surface area contributed by atoms with E-state index < -0.39 is 24.4 Å². The summed E-state index contributed by atoms with van der Waals surface area (Å²) in [7, 11) is 0. The number of amides is 5. The molecule has 0 saturated carbocycles. The number of carbonyl (C=O) groups excluding carboxylic acids is 4. The van der Waals surface area contributed by atoms with E-state index in [0.717, 1.165) is 16.9 Å². The Morgan fingerprint density at radius 2 is 1.71 bits per heavy atom. The van der Waals surface area contributed by atoms with Crippen molar-refractivity contribution in [2.45, 2.75) is 13.3 Å². The molecule has 10 heteroatoms. The van der Waals surface area contributed by atoms with Gasteiger partial charge in [-0.05, 0) is 54.0 Å². The number of halogens is 1. The third-order valence-corrected chi connectivity index (χ3v) is 5.92. The van der Waals surface area contributed by atoms with Gasteiger partial charge in [0.25, 0.3) is 11.8 Å². The van der Waals surface area contributed by atoms with Gasteiger partial charge in [0.05, 0.1) is 5.02 Å². The van der Waals surface area contributed by atoms with E-state index in [4.69, 9.17) is 16.3 Å². The predicted octanol–water partition coefficient (Wildman–Crippen LogP) is 4.45. The Morgan fingerprint density at radius 1 is 0.974 bits per heavy atom. The molecule has 3 aromatic carbocycles. The number of rotatable bonds is 9. The van der Waals surface area contributed by atoms with Crippen LogP contribution in [0.1, 0.15) is 18.1 Å². The normalized spacial score (nSPS) is 13.8. The lowest BCUT2D eigenvalue weighted by molar-refractivity contribution is -0.127. The Labute approximate surface area is 224 Å². The lowest BCUT2D eigenvalue weighted by atomic mass is 10.1. The molecule has 0 unspecified atom stereocenters. The molecular formula is C28H25ClN4O5. The van der Waals surface area contributed by atoms with Crippen molar-refractivity contribution in [2.75, 3.05) is 23.8 Å². The average molecular weight is 533 g/mol. The molecule has 3 aromatic rings. The van der Waals surface area contributed by atoms with Gasteiger partial charge in [-0.3, -0.25) is 14.4 Å². The van der Waals surface area contributed by atoms with Crippen LogP contribution in [0, 0.1) is 0 Å². The van der Waals surface area contributed by atoms with Crippen molar-refractivity contribution in [1.82, 2.24) is 10.2 Å². The molecule has 0 aliphatic carbocycles. The van der Waals surface area contributed by atoms with Crippen molar-refractivity contribution >= 4 is 52.8 Å². The van der Waals surface area contributed by atoms with Crippen molar-refractivity contribution in [2.24, 2.45) is 0 Å². The molecule has 0 bridgehead atoms. The van der Waals surface area contributed by atoms with E-state index in [1.807, 2.05) is 25.1 Å². The van der Waals surface area contributed by atoms with Crippen LogP contribution in [0.15, 0.2) is 78.5 Å². The third-order valence-electron chi connectivity index (χ3n) is 5.62. The number of carbonyl (C=O) groups is 4. The van der Waals surface area contributed by atoms with Gasteiger partial charge in [-0.15, -0.1) is 0 Å². The fourth-order valence-corrected chi connectivity index (χ4v) is 4.00. The third kappa shape index (κ3) is 6.57. The summed E-state index contributed by atoms with van der Waals surface area (Å²) < 4.78 is 5.51. The topological polar surface area (TPSA) is 117 Å². The standard InChI is InChI=1S/C28H25ClN4O5/c1-2-19-8-6-7-11-22(19)31-25(34)16-33-27(36)23(32-28(33)37)15-18-12-13-24(21(29)14-18)38-17-26(35)30-20-9-4-3-5-10-20/h3-15H,2,16-17H2,1H3,(H,30,35)(H,31,34)(H,32,37)/b23-15+. The number of benzene rings is 3. The Kier molecular flexibility index (Phi) is 8.40. The average Bonchev–Trinajstić information content (AvgIpc) is 3.16. The zero-order valence-corrected chi connectivity index (χ0v) is 21.2. The first kappa shape index (κ1) is 26.4. The van der Waals surface area contributed by atoms with Crippen molar-refractivity contribution in [1.29, 1.82) is 0 Å². The highest BCUT2D eigenvalue weighted by atomic mass is 35.5. The molecule has 1 saturated heterocycles.